The molecule has 3 aromatic rings. The third-order valence-corrected chi connectivity index (χ3v) is 5.26. The molecule has 6 heteroatoms. The van der Waals surface area contributed by atoms with Crippen molar-refractivity contribution in [3.8, 4) is 11.4 Å². The molecule has 134 valence electrons. The Morgan fingerprint density at radius 1 is 1.00 bits per heavy atom. The summed E-state index contributed by atoms with van der Waals surface area (Å²) < 4.78 is 1.89. The van der Waals surface area contributed by atoms with Gasteiger partial charge in [0.1, 0.15) is 5.75 Å². The molecule has 0 atom stereocenters. The van der Waals surface area contributed by atoms with Crippen molar-refractivity contribution in [3.05, 3.63) is 59.4 Å². The minimum atomic E-state index is -0.310. The van der Waals surface area contributed by atoms with Crippen LogP contribution in [0.3, 0.4) is 0 Å². The number of aromatic hydroxyl groups is 1. The number of hydrogen-bond acceptors (Lipinski definition) is 5. The Morgan fingerprint density at radius 3 is 2.31 bits per heavy atom. The SMILES string of the molecule is Cc1cccc(C)c1-n1nnnc1C1(Nc2ccc(O)cc2)CCCC1. The molecule has 1 fully saturated rings. The van der Waals surface area contributed by atoms with Crippen LogP contribution in [-0.2, 0) is 5.54 Å². The summed E-state index contributed by atoms with van der Waals surface area (Å²) in [5.41, 5.74) is 3.99. The summed E-state index contributed by atoms with van der Waals surface area (Å²) in [4.78, 5) is 0. The maximum Gasteiger partial charge on any atom is 0.181 e. The predicted molar refractivity (Wildman–Crippen MR) is 101 cm³/mol. The van der Waals surface area contributed by atoms with E-state index in [1.165, 1.54) is 0 Å². The highest BCUT2D eigenvalue weighted by atomic mass is 16.3. The molecule has 4 rings (SSSR count). The summed E-state index contributed by atoms with van der Waals surface area (Å²) in [6, 6.07) is 13.4. The Bertz CT molecular complexity index is 890. The highest BCUT2D eigenvalue weighted by Gasteiger charge is 2.41. The van der Waals surface area contributed by atoms with Gasteiger partial charge in [0.2, 0.25) is 0 Å². The van der Waals surface area contributed by atoms with Gasteiger partial charge in [0.25, 0.3) is 0 Å². The van der Waals surface area contributed by atoms with Gasteiger partial charge in [-0.25, -0.2) is 0 Å². The Hall–Kier alpha value is -2.89. The zero-order chi connectivity index (χ0) is 18.1. The Balaban J connectivity index is 1.80. The maximum atomic E-state index is 9.56. The third-order valence-electron chi connectivity index (χ3n) is 5.26. The number of aromatic nitrogens is 4. The van der Waals surface area contributed by atoms with Crippen molar-refractivity contribution in [2.75, 3.05) is 5.32 Å². The van der Waals surface area contributed by atoms with Gasteiger partial charge in [-0.05, 0) is 72.5 Å². The van der Waals surface area contributed by atoms with E-state index < -0.39 is 0 Å². The minimum Gasteiger partial charge on any atom is -0.508 e. The lowest BCUT2D eigenvalue weighted by Gasteiger charge is -2.30. The Kier molecular flexibility index (Phi) is 4.11. The summed E-state index contributed by atoms with van der Waals surface area (Å²) in [5.74, 6) is 1.11. The zero-order valence-corrected chi connectivity index (χ0v) is 15.1. The van der Waals surface area contributed by atoms with Crippen LogP contribution in [0.2, 0.25) is 0 Å². The van der Waals surface area contributed by atoms with Crippen molar-refractivity contribution in [1.82, 2.24) is 20.2 Å². The molecule has 1 saturated carbocycles. The van der Waals surface area contributed by atoms with Gasteiger partial charge in [-0.15, -0.1) is 5.10 Å². The van der Waals surface area contributed by atoms with Gasteiger partial charge in [0.15, 0.2) is 5.82 Å². The van der Waals surface area contributed by atoms with Gasteiger partial charge in [-0.2, -0.15) is 4.68 Å². The van der Waals surface area contributed by atoms with Crippen LogP contribution in [0.4, 0.5) is 5.69 Å². The van der Waals surface area contributed by atoms with Gasteiger partial charge in [0.05, 0.1) is 11.2 Å². The lowest BCUT2D eigenvalue weighted by atomic mass is 9.95. The van der Waals surface area contributed by atoms with E-state index in [0.29, 0.717) is 0 Å². The number of phenolic OH excluding ortho intramolecular Hbond substituents is 1. The van der Waals surface area contributed by atoms with Gasteiger partial charge in [-0.3, -0.25) is 0 Å². The number of benzene rings is 2. The number of rotatable bonds is 4. The number of nitrogens with zero attached hydrogens (tertiary/aromatic N) is 4. The van der Waals surface area contributed by atoms with Gasteiger partial charge >= 0.3 is 0 Å². The maximum absolute atomic E-state index is 9.56. The molecule has 2 N–H and O–H groups in total. The second kappa shape index (κ2) is 6.44. The normalized spacial score (nSPS) is 15.9. The smallest absolute Gasteiger partial charge is 0.181 e. The van der Waals surface area contributed by atoms with Crippen molar-refractivity contribution >= 4 is 5.69 Å². The van der Waals surface area contributed by atoms with E-state index >= 15 is 0 Å². The standard InChI is InChI=1S/C20H23N5O/c1-14-6-5-7-15(2)18(14)25-19(22-23-24-25)20(12-3-4-13-20)21-16-8-10-17(26)11-9-16/h5-11,21,26H,3-4,12-13H2,1-2H3. The first-order chi connectivity index (χ1) is 12.6. The monoisotopic (exact) mass is 349 g/mol. The second-order valence-corrected chi connectivity index (χ2v) is 7.12. The molecular formula is C20H23N5O. The molecular weight excluding hydrogens is 326 g/mol. The molecule has 0 radical (unpaired) electrons. The lowest BCUT2D eigenvalue weighted by Crippen LogP contribution is -2.35. The van der Waals surface area contributed by atoms with E-state index in [4.69, 9.17) is 0 Å². The fourth-order valence-corrected chi connectivity index (χ4v) is 3.98. The second-order valence-electron chi connectivity index (χ2n) is 7.12. The van der Waals surface area contributed by atoms with Gasteiger partial charge in [-0.1, -0.05) is 31.0 Å². The van der Waals surface area contributed by atoms with Crippen molar-refractivity contribution in [2.45, 2.75) is 45.1 Å². The molecule has 0 bridgehead atoms. The van der Waals surface area contributed by atoms with Crippen LogP contribution in [0.5, 0.6) is 5.75 Å². The minimum absolute atomic E-state index is 0.261. The fourth-order valence-electron chi connectivity index (χ4n) is 3.98. The first-order valence-corrected chi connectivity index (χ1v) is 9.02. The highest BCUT2D eigenvalue weighted by Crippen LogP contribution is 2.41. The van der Waals surface area contributed by atoms with Crippen LogP contribution in [-0.4, -0.2) is 25.3 Å². The van der Waals surface area contributed by atoms with Crippen molar-refractivity contribution in [2.24, 2.45) is 0 Å². The molecule has 0 spiro atoms. The summed E-state index contributed by atoms with van der Waals surface area (Å²) in [6.45, 7) is 4.17. The van der Waals surface area contributed by atoms with Crippen molar-refractivity contribution < 1.29 is 5.11 Å². The largest absolute Gasteiger partial charge is 0.508 e. The molecule has 26 heavy (non-hydrogen) atoms. The first kappa shape index (κ1) is 16.6. The van der Waals surface area contributed by atoms with Crippen LogP contribution in [0.25, 0.3) is 5.69 Å². The highest BCUT2D eigenvalue weighted by molar-refractivity contribution is 5.51. The summed E-state index contributed by atoms with van der Waals surface area (Å²) in [6.07, 6.45) is 4.20. The summed E-state index contributed by atoms with van der Waals surface area (Å²) in [5, 5.41) is 26.0. The van der Waals surface area contributed by atoms with Crippen LogP contribution in [0.15, 0.2) is 42.5 Å². The Morgan fingerprint density at radius 2 is 1.65 bits per heavy atom. The van der Waals surface area contributed by atoms with Crippen LogP contribution in [0.1, 0.15) is 42.6 Å². The molecule has 0 unspecified atom stereocenters. The number of anilines is 1. The molecule has 1 heterocycles. The predicted octanol–water partition coefficient (Wildman–Crippen LogP) is 3.87. The average Bonchev–Trinajstić information content (AvgIpc) is 3.27. The van der Waals surface area contributed by atoms with Gasteiger partial charge in [0, 0.05) is 5.69 Å². The molecule has 2 aromatic carbocycles. The number of aryl methyl sites for hydroxylation is 2. The topological polar surface area (TPSA) is 75.9 Å². The van der Waals surface area contributed by atoms with E-state index in [1.807, 2.05) is 16.8 Å². The summed E-state index contributed by atoms with van der Waals surface area (Å²) in [7, 11) is 0. The van der Waals surface area contributed by atoms with Crippen molar-refractivity contribution in [1.29, 1.82) is 0 Å². The Labute approximate surface area is 152 Å². The number of para-hydroxylation sites is 1. The molecule has 0 saturated heterocycles. The van der Waals surface area contributed by atoms with Crippen LogP contribution >= 0.6 is 0 Å². The number of nitrogens with one attached hydrogen (secondary N) is 1. The first-order valence-electron chi connectivity index (χ1n) is 9.02. The number of hydrogen-bond donors (Lipinski definition) is 2. The lowest BCUT2D eigenvalue weighted by molar-refractivity contribution is 0.459. The van der Waals surface area contributed by atoms with Gasteiger partial charge < -0.3 is 10.4 Å². The van der Waals surface area contributed by atoms with Crippen molar-refractivity contribution in [3.63, 3.8) is 0 Å². The van der Waals surface area contributed by atoms with E-state index in [9.17, 15) is 5.11 Å². The van der Waals surface area contributed by atoms with Crippen LogP contribution in [0, 0.1) is 13.8 Å². The number of tetrazole rings is 1. The average molecular weight is 349 g/mol. The van der Waals surface area contributed by atoms with E-state index in [0.717, 1.165) is 54.0 Å². The molecule has 6 nitrogen and oxygen atoms in total. The molecule has 0 amide bonds. The van der Waals surface area contributed by atoms with E-state index in [-0.39, 0.29) is 11.3 Å². The molecule has 1 aromatic heterocycles. The third kappa shape index (κ3) is 2.81. The quantitative estimate of drug-likeness (QED) is 0.699. The molecule has 1 aliphatic carbocycles. The van der Waals surface area contributed by atoms with E-state index in [2.05, 4.69) is 52.9 Å². The molecule has 0 aliphatic heterocycles. The van der Waals surface area contributed by atoms with Crippen LogP contribution < -0.4 is 5.32 Å². The fraction of sp³-hybridized carbons (Fsp3) is 0.350. The molecule has 1 aliphatic rings. The van der Waals surface area contributed by atoms with E-state index in [1.54, 1.807) is 12.1 Å². The zero-order valence-electron chi connectivity index (χ0n) is 15.1. The summed E-state index contributed by atoms with van der Waals surface area (Å²) >= 11 is 0. The number of phenols is 1.